The van der Waals surface area contributed by atoms with Crippen LogP contribution in [0.5, 0.6) is 0 Å². The number of aryl methyl sites for hydroxylation is 1. The summed E-state index contributed by atoms with van der Waals surface area (Å²) in [5.41, 5.74) is 2.49. The van der Waals surface area contributed by atoms with Crippen LogP contribution in [0, 0.1) is 6.92 Å². The van der Waals surface area contributed by atoms with E-state index in [2.05, 4.69) is 5.32 Å². The van der Waals surface area contributed by atoms with E-state index in [1.54, 1.807) is 36.4 Å². The van der Waals surface area contributed by atoms with E-state index >= 15 is 0 Å². The van der Waals surface area contributed by atoms with E-state index in [9.17, 15) is 18.0 Å². The van der Waals surface area contributed by atoms with Crippen LogP contribution in [0.3, 0.4) is 0 Å². The number of ketones is 1. The predicted molar refractivity (Wildman–Crippen MR) is 125 cm³/mol. The van der Waals surface area contributed by atoms with Crippen molar-refractivity contribution in [3.63, 3.8) is 0 Å². The summed E-state index contributed by atoms with van der Waals surface area (Å²) in [6.45, 7) is 3.20. The van der Waals surface area contributed by atoms with E-state index in [4.69, 9.17) is 4.74 Å². The third-order valence-corrected chi connectivity index (χ3v) is 7.34. The Morgan fingerprint density at radius 2 is 1.55 bits per heavy atom. The second kappa shape index (κ2) is 9.66. The molecule has 3 aromatic carbocycles. The first-order chi connectivity index (χ1) is 15.9. The number of nitrogens with zero attached hydrogens (tertiary/aromatic N) is 1. The fraction of sp³-hybridized carbons (Fsp3) is 0.200. The summed E-state index contributed by atoms with van der Waals surface area (Å²) in [7, 11) is -3.64. The molecule has 0 atom stereocenters. The van der Waals surface area contributed by atoms with Gasteiger partial charge in [0.25, 0.3) is 5.91 Å². The highest BCUT2D eigenvalue weighted by Crippen LogP contribution is 2.23. The van der Waals surface area contributed by atoms with Crippen molar-refractivity contribution in [2.24, 2.45) is 0 Å². The van der Waals surface area contributed by atoms with Crippen LogP contribution in [0.4, 0.5) is 5.69 Å². The van der Waals surface area contributed by atoms with Gasteiger partial charge in [-0.3, -0.25) is 9.59 Å². The van der Waals surface area contributed by atoms with Gasteiger partial charge in [-0.05, 0) is 43.3 Å². The molecule has 0 bridgehead atoms. The molecule has 0 aromatic heterocycles. The van der Waals surface area contributed by atoms with Crippen molar-refractivity contribution in [1.82, 2.24) is 4.31 Å². The van der Waals surface area contributed by atoms with Gasteiger partial charge in [0.05, 0.1) is 23.8 Å². The molecule has 4 rings (SSSR count). The van der Waals surface area contributed by atoms with Gasteiger partial charge in [0, 0.05) is 29.8 Å². The molecular formula is C25H24N2O5S. The first-order valence-corrected chi connectivity index (χ1v) is 12.0. The Morgan fingerprint density at radius 3 is 2.21 bits per heavy atom. The lowest BCUT2D eigenvalue weighted by molar-refractivity contribution is 0.0730. The fourth-order valence-corrected chi connectivity index (χ4v) is 5.02. The zero-order valence-corrected chi connectivity index (χ0v) is 19.0. The summed E-state index contributed by atoms with van der Waals surface area (Å²) in [4.78, 5) is 26.0. The molecule has 7 nitrogen and oxygen atoms in total. The predicted octanol–water partition coefficient (Wildman–Crippen LogP) is 3.50. The topological polar surface area (TPSA) is 92.8 Å². The van der Waals surface area contributed by atoms with E-state index in [-0.39, 0.29) is 16.2 Å². The molecule has 1 saturated heterocycles. The Bertz CT molecular complexity index is 1270. The van der Waals surface area contributed by atoms with Gasteiger partial charge >= 0.3 is 0 Å². The summed E-state index contributed by atoms with van der Waals surface area (Å²) < 4.78 is 32.1. The number of hydrogen-bond acceptors (Lipinski definition) is 5. The Hall–Kier alpha value is -3.33. The van der Waals surface area contributed by atoms with Crippen LogP contribution in [-0.2, 0) is 14.8 Å². The zero-order chi connectivity index (χ0) is 23.4. The van der Waals surface area contributed by atoms with Gasteiger partial charge in [-0.25, -0.2) is 8.42 Å². The molecule has 1 fully saturated rings. The van der Waals surface area contributed by atoms with Crippen LogP contribution in [0.2, 0.25) is 0 Å². The van der Waals surface area contributed by atoms with Gasteiger partial charge in [-0.1, -0.05) is 42.0 Å². The Morgan fingerprint density at radius 1 is 0.879 bits per heavy atom. The first-order valence-electron chi connectivity index (χ1n) is 10.6. The van der Waals surface area contributed by atoms with Crippen molar-refractivity contribution in [2.75, 3.05) is 31.6 Å². The van der Waals surface area contributed by atoms with Gasteiger partial charge in [-0.15, -0.1) is 0 Å². The molecule has 0 saturated carbocycles. The molecule has 170 valence electrons. The molecule has 1 aliphatic rings. The average Bonchev–Trinajstić information content (AvgIpc) is 2.85. The fourth-order valence-electron chi connectivity index (χ4n) is 3.61. The normalized spacial score (nSPS) is 14.6. The van der Waals surface area contributed by atoms with E-state index < -0.39 is 15.9 Å². The number of morpholine rings is 1. The molecule has 33 heavy (non-hydrogen) atoms. The third-order valence-electron chi connectivity index (χ3n) is 5.43. The molecule has 1 N–H and O–H groups in total. The molecule has 1 aliphatic heterocycles. The minimum absolute atomic E-state index is 0.122. The second-order valence-corrected chi connectivity index (χ2v) is 9.68. The van der Waals surface area contributed by atoms with Crippen LogP contribution in [0.25, 0.3) is 0 Å². The van der Waals surface area contributed by atoms with Crippen molar-refractivity contribution in [3.05, 3.63) is 95.1 Å². The Labute approximate surface area is 193 Å². The number of sulfonamides is 1. The van der Waals surface area contributed by atoms with Crippen LogP contribution in [0.15, 0.2) is 77.7 Å². The minimum Gasteiger partial charge on any atom is -0.379 e. The van der Waals surface area contributed by atoms with Gasteiger partial charge in [-0.2, -0.15) is 4.31 Å². The molecule has 1 amide bonds. The van der Waals surface area contributed by atoms with Crippen LogP contribution in [-0.4, -0.2) is 50.7 Å². The van der Waals surface area contributed by atoms with Crippen molar-refractivity contribution >= 4 is 27.4 Å². The van der Waals surface area contributed by atoms with Gasteiger partial charge in [0.15, 0.2) is 5.78 Å². The van der Waals surface area contributed by atoms with E-state index in [0.717, 1.165) is 5.56 Å². The third kappa shape index (κ3) is 5.03. The summed E-state index contributed by atoms with van der Waals surface area (Å²) in [5.74, 6) is -0.627. The number of ether oxygens (including phenoxy) is 1. The van der Waals surface area contributed by atoms with Crippen molar-refractivity contribution in [1.29, 1.82) is 0 Å². The maximum atomic E-state index is 13.0. The Kier molecular flexibility index (Phi) is 6.69. The SMILES string of the molecule is Cc1ccc(NC(=O)c2ccc(S(=O)(=O)N3CCOCC3)cc2)c(C(=O)c2ccccc2)c1. The second-order valence-electron chi connectivity index (χ2n) is 7.74. The summed E-state index contributed by atoms with van der Waals surface area (Å²) in [6.07, 6.45) is 0. The largest absolute Gasteiger partial charge is 0.379 e. The quantitative estimate of drug-likeness (QED) is 0.564. The molecule has 3 aromatic rings. The van der Waals surface area contributed by atoms with E-state index in [1.165, 1.54) is 28.6 Å². The molecule has 0 aliphatic carbocycles. The summed E-state index contributed by atoms with van der Waals surface area (Å²) in [6, 6.07) is 19.9. The maximum absolute atomic E-state index is 13.0. The van der Waals surface area contributed by atoms with Gasteiger partial charge in [0.1, 0.15) is 0 Å². The molecule has 0 spiro atoms. The highest BCUT2D eigenvalue weighted by atomic mass is 32.2. The van der Waals surface area contributed by atoms with Gasteiger partial charge in [0.2, 0.25) is 10.0 Å². The highest BCUT2D eigenvalue weighted by Gasteiger charge is 2.26. The van der Waals surface area contributed by atoms with E-state index in [0.29, 0.717) is 43.1 Å². The maximum Gasteiger partial charge on any atom is 0.255 e. The summed E-state index contributed by atoms with van der Waals surface area (Å²) in [5, 5.41) is 2.79. The lowest BCUT2D eigenvalue weighted by Gasteiger charge is -2.26. The Balaban J connectivity index is 1.55. The number of carbonyl (C=O) groups excluding carboxylic acids is 2. The minimum atomic E-state index is -3.64. The molecule has 0 radical (unpaired) electrons. The van der Waals surface area contributed by atoms with Crippen LogP contribution < -0.4 is 5.32 Å². The van der Waals surface area contributed by atoms with Crippen molar-refractivity contribution in [2.45, 2.75) is 11.8 Å². The molecule has 0 unspecified atom stereocenters. The highest BCUT2D eigenvalue weighted by molar-refractivity contribution is 7.89. The standard InChI is InChI=1S/C25H24N2O5S/c1-18-7-12-23(22(17-18)24(28)19-5-3-2-4-6-19)26-25(29)20-8-10-21(11-9-20)33(30,31)27-13-15-32-16-14-27/h2-12,17H,13-16H2,1H3,(H,26,29). The number of carbonyl (C=O) groups is 2. The molecule has 1 heterocycles. The molecule has 8 heteroatoms. The summed E-state index contributed by atoms with van der Waals surface area (Å²) >= 11 is 0. The lowest BCUT2D eigenvalue weighted by Crippen LogP contribution is -2.40. The smallest absolute Gasteiger partial charge is 0.255 e. The zero-order valence-electron chi connectivity index (χ0n) is 18.2. The van der Waals surface area contributed by atoms with Crippen LogP contribution >= 0.6 is 0 Å². The van der Waals surface area contributed by atoms with Gasteiger partial charge < -0.3 is 10.1 Å². The van der Waals surface area contributed by atoms with Crippen LogP contribution in [0.1, 0.15) is 31.8 Å². The number of anilines is 1. The number of hydrogen-bond donors (Lipinski definition) is 1. The molecular weight excluding hydrogens is 440 g/mol. The lowest BCUT2D eigenvalue weighted by atomic mass is 9.99. The number of amides is 1. The van der Waals surface area contributed by atoms with Crippen molar-refractivity contribution in [3.8, 4) is 0 Å². The monoisotopic (exact) mass is 464 g/mol. The average molecular weight is 465 g/mol. The number of rotatable bonds is 6. The number of nitrogens with one attached hydrogen (secondary N) is 1. The van der Waals surface area contributed by atoms with Crippen molar-refractivity contribution < 1.29 is 22.7 Å². The van der Waals surface area contributed by atoms with E-state index in [1.807, 2.05) is 19.1 Å². The first kappa shape index (κ1) is 22.8. The number of benzene rings is 3.